The summed E-state index contributed by atoms with van der Waals surface area (Å²) in [7, 11) is -3.33. The number of rotatable bonds is 10. The molecule has 0 aromatic rings. The van der Waals surface area contributed by atoms with Gasteiger partial charge in [0.05, 0.1) is 18.5 Å². The van der Waals surface area contributed by atoms with E-state index >= 15 is 0 Å². The summed E-state index contributed by atoms with van der Waals surface area (Å²) < 4.78 is 31.8. The quantitative estimate of drug-likeness (QED) is 0.664. The molecule has 0 unspecified atom stereocenters. The summed E-state index contributed by atoms with van der Waals surface area (Å²) in [6.07, 6.45) is 1.48. The summed E-state index contributed by atoms with van der Waals surface area (Å²) in [5.41, 5.74) is 5.37. The molecular weight excluding hydrogens is 264 g/mol. The average Bonchev–Trinajstić information content (AvgIpc) is 2.35. The van der Waals surface area contributed by atoms with Crippen LogP contribution in [0.4, 0.5) is 0 Å². The van der Waals surface area contributed by atoms with Crippen molar-refractivity contribution in [3.8, 4) is 0 Å². The van der Waals surface area contributed by atoms with Crippen molar-refractivity contribution in [2.45, 2.75) is 59.1 Å². The normalized spacial score (nSPS) is 13.5. The minimum atomic E-state index is -3.33. The second kappa shape index (κ2) is 8.19. The predicted molar refractivity (Wildman–Crippen MR) is 79.6 cm³/mol. The van der Waals surface area contributed by atoms with E-state index in [1.54, 1.807) is 4.31 Å². The Morgan fingerprint density at radius 1 is 1.21 bits per heavy atom. The van der Waals surface area contributed by atoms with Crippen LogP contribution in [-0.2, 0) is 14.8 Å². The highest BCUT2D eigenvalue weighted by molar-refractivity contribution is 7.89. The first-order chi connectivity index (χ1) is 8.79. The first kappa shape index (κ1) is 18.8. The zero-order valence-corrected chi connectivity index (χ0v) is 13.8. The average molecular weight is 294 g/mol. The number of hydrogen-bond donors (Lipinski definition) is 1. The van der Waals surface area contributed by atoms with E-state index in [0.717, 1.165) is 12.8 Å². The van der Waals surface area contributed by atoms with Gasteiger partial charge >= 0.3 is 0 Å². The minimum absolute atomic E-state index is 0.0147. The fourth-order valence-electron chi connectivity index (χ4n) is 2.32. The van der Waals surface area contributed by atoms with Gasteiger partial charge in [-0.1, -0.05) is 20.8 Å². The highest BCUT2D eigenvalue weighted by Crippen LogP contribution is 2.26. The molecule has 6 heteroatoms. The Balaban J connectivity index is 5.00. The van der Waals surface area contributed by atoms with Gasteiger partial charge in [-0.3, -0.25) is 0 Å². The summed E-state index contributed by atoms with van der Waals surface area (Å²) in [6, 6.07) is 0. The van der Waals surface area contributed by atoms with Crippen LogP contribution in [-0.4, -0.2) is 49.8 Å². The maximum absolute atomic E-state index is 12.5. The molecule has 0 spiro atoms. The van der Waals surface area contributed by atoms with Crippen LogP contribution < -0.4 is 5.73 Å². The first-order valence-electron chi connectivity index (χ1n) is 7.11. The van der Waals surface area contributed by atoms with Gasteiger partial charge in [0.25, 0.3) is 0 Å². The molecule has 0 aliphatic carbocycles. The van der Waals surface area contributed by atoms with E-state index in [4.69, 9.17) is 10.5 Å². The van der Waals surface area contributed by atoms with E-state index in [9.17, 15) is 8.42 Å². The fourth-order valence-corrected chi connectivity index (χ4v) is 4.16. The van der Waals surface area contributed by atoms with Crippen LogP contribution in [0.3, 0.4) is 0 Å². The Morgan fingerprint density at radius 2 is 1.74 bits per heavy atom. The van der Waals surface area contributed by atoms with Crippen LogP contribution in [0.25, 0.3) is 0 Å². The van der Waals surface area contributed by atoms with Crippen molar-refractivity contribution in [2.75, 3.05) is 25.4 Å². The largest absolute Gasteiger partial charge is 0.378 e. The third-order valence-electron chi connectivity index (χ3n) is 3.64. The lowest BCUT2D eigenvalue weighted by molar-refractivity contribution is 0.0896. The van der Waals surface area contributed by atoms with Crippen LogP contribution in [0, 0.1) is 0 Å². The third-order valence-corrected chi connectivity index (χ3v) is 5.64. The molecule has 0 aromatic heterocycles. The van der Waals surface area contributed by atoms with Crippen molar-refractivity contribution in [3.63, 3.8) is 0 Å². The molecule has 0 bridgehead atoms. The van der Waals surface area contributed by atoms with Crippen molar-refractivity contribution < 1.29 is 13.2 Å². The van der Waals surface area contributed by atoms with Crippen LogP contribution in [0.15, 0.2) is 0 Å². The Morgan fingerprint density at radius 3 is 2.05 bits per heavy atom. The standard InChI is InChI=1S/C13H30N2O3S/c1-6-13(7-2,11-14)15(8-3)19(16,17)10-9-18-12(4)5/h12H,6-11,14H2,1-5H3. The van der Waals surface area contributed by atoms with Crippen LogP contribution >= 0.6 is 0 Å². The van der Waals surface area contributed by atoms with Crippen molar-refractivity contribution in [3.05, 3.63) is 0 Å². The molecule has 0 radical (unpaired) electrons. The molecule has 0 atom stereocenters. The zero-order valence-electron chi connectivity index (χ0n) is 13.0. The number of nitrogens with zero attached hydrogens (tertiary/aromatic N) is 1. The molecule has 0 fully saturated rings. The summed E-state index contributed by atoms with van der Waals surface area (Å²) in [6.45, 7) is 10.6. The molecule has 0 aliphatic heterocycles. The fraction of sp³-hybridized carbons (Fsp3) is 1.00. The van der Waals surface area contributed by atoms with E-state index in [1.165, 1.54) is 0 Å². The van der Waals surface area contributed by atoms with Gasteiger partial charge in [-0.2, -0.15) is 4.31 Å². The van der Waals surface area contributed by atoms with Crippen LogP contribution in [0.1, 0.15) is 47.5 Å². The van der Waals surface area contributed by atoms with Crippen LogP contribution in [0.2, 0.25) is 0 Å². The zero-order chi connectivity index (χ0) is 15.1. The topological polar surface area (TPSA) is 72.6 Å². The van der Waals surface area contributed by atoms with Gasteiger partial charge in [0, 0.05) is 18.6 Å². The van der Waals surface area contributed by atoms with Crippen molar-refractivity contribution in [1.29, 1.82) is 0 Å². The Labute approximate surface area is 118 Å². The lowest BCUT2D eigenvalue weighted by Crippen LogP contribution is -2.56. The molecule has 2 N–H and O–H groups in total. The van der Waals surface area contributed by atoms with E-state index in [-0.39, 0.29) is 18.5 Å². The van der Waals surface area contributed by atoms with Gasteiger partial charge in [0.1, 0.15) is 0 Å². The van der Waals surface area contributed by atoms with Crippen LogP contribution in [0.5, 0.6) is 0 Å². The van der Waals surface area contributed by atoms with Crippen molar-refractivity contribution in [1.82, 2.24) is 4.31 Å². The van der Waals surface area contributed by atoms with Gasteiger partial charge in [0.15, 0.2) is 0 Å². The second-order valence-electron chi connectivity index (χ2n) is 5.04. The Hall–Kier alpha value is -0.170. The summed E-state index contributed by atoms with van der Waals surface area (Å²) in [5.74, 6) is 0.0147. The number of ether oxygens (including phenoxy) is 1. The predicted octanol–water partition coefficient (Wildman–Crippen LogP) is 1.58. The monoisotopic (exact) mass is 294 g/mol. The molecule has 116 valence electrons. The maximum Gasteiger partial charge on any atom is 0.216 e. The van der Waals surface area contributed by atoms with Gasteiger partial charge in [0.2, 0.25) is 10.0 Å². The third kappa shape index (κ3) is 5.02. The maximum atomic E-state index is 12.5. The molecular formula is C13H30N2O3S. The van der Waals surface area contributed by atoms with E-state index in [0.29, 0.717) is 13.1 Å². The van der Waals surface area contributed by atoms with Crippen molar-refractivity contribution in [2.24, 2.45) is 5.73 Å². The smallest absolute Gasteiger partial charge is 0.216 e. The van der Waals surface area contributed by atoms with E-state index in [2.05, 4.69) is 0 Å². The lowest BCUT2D eigenvalue weighted by atomic mass is 9.93. The molecule has 5 nitrogen and oxygen atoms in total. The van der Waals surface area contributed by atoms with Gasteiger partial charge < -0.3 is 10.5 Å². The molecule has 0 saturated heterocycles. The van der Waals surface area contributed by atoms with E-state index < -0.39 is 15.6 Å². The summed E-state index contributed by atoms with van der Waals surface area (Å²) in [4.78, 5) is 0. The number of likely N-dealkylation sites (N-methyl/N-ethyl adjacent to an activating group) is 1. The molecule has 0 aliphatic rings. The highest BCUT2D eigenvalue weighted by atomic mass is 32.2. The van der Waals surface area contributed by atoms with Gasteiger partial charge in [-0.15, -0.1) is 0 Å². The molecule has 19 heavy (non-hydrogen) atoms. The second-order valence-corrected chi connectivity index (χ2v) is 7.05. The van der Waals surface area contributed by atoms with Crippen molar-refractivity contribution >= 4 is 10.0 Å². The summed E-state index contributed by atoms with van der Waals surface area (Å²) in [5, 5.41) is 0. The highest BCUT2D eigenvalue weighted by Gasteiger charge is 2.38. The lowest BCUT2D eigenvalue weighted by Gasteiger charge is -2.40. The number of sulfonamides is 1. The SMILES string of the molecule is CCN(C(CC)(CC)CN)S(=O)(=O)CCOC(C)C. The molecule has 0 saturated carbocycles. The molecule has 0 aromatic carbocycles. The van der Waals surface area contributed by atoms with E-state index in [1.807, 2.05) is 34.6 Å². The van der Waals surface area contributed by atoms with Gasteiger partial charge in [-0.25, -0.2) is 8.42 Å². The first-order valence-corrected chi connectivity index (χ1v) is 8.72. The van der Waals surface area contributed by atoms with Gasteiger partial charge in [-0.05, 0) is 26.7 Å². The molecule has 0 rings (SSSR count). The molecule has 0 heterocycles. The number of nitrogens with two attached hydrogens (primary N) is 1. The summed E-state index contributed by atoms with van der Waals surface area (Å²) >= 11 is 0. The number of hydrogen-bond acceptors (Lipinski definition) is 4. The molecule has 0 amide bonds. The Kier molecular flexibility index (Phi) is 8.12. The Bertz CT molecular complexity index is 330. The minimum Gasteiger partial charge on any atom is -0.378 e.